The number of nitrogens with two attached hydrogens (primary N) is 1. The van der Waals surface area contributed by atoms with Crippen LogP contribution in [0.15, 0.2) is 28.8 Å². The Balaban J connectivity index is 1.85. The first kappa shape index (κ1) is 16.6. The lowest BCUT2D eigenvalue weighted by atomic mass is 9.85. The predicted molar refractivity (Wildman–Crippen MR) is 85.4 cm³/mol. The van der Waals surface area contributed by atoms with Crippen molar-refractivity contribution in [2.75, 3.05) is 0 Å². The molecule has 1 heterocycles. The number of halogens is 1. The second kappa shape index (κ2) is 7.09. The fourth-order valence-corrected chi connectivity index (χ4v) is 3.15. The van der Waals surface area contributed by atoms with Crippen molar-refractivity contribution in [1.29, 1.82) is 0 Å². The quantitative estimate of drug-likeness (QED) is 0.895. The van der Waals surface area contributed by atoms with Gasteiger partial charge in [-0.25, -0.2) is 4.39 Å². The number of nitrogens with zero attached hydrogens (tertiary/aromatic N) is 2. The summed E-state index contributed by atoms with van der Waals surface area (Å²) in [6.07, 6.45) is 3.28. The van der Waals surface area contributed by atoms with E-state index >= 15 is 0 Å². The number of aromatic nitrogens is 2. The summed E-state index contributed by atoms with van der Waals surface area (Å²) in [6, 6.07) is 5.51. The first-order valence-corrected chi connectivity index (χ1v) is 8.15. The molecular weight excluding hydrogens is 311 g/mol. The molecule has 0 bridgehead atoms. The van der Waals surface area contributed by atoms with Crippen LogP contribution in [0.1, 0.15) is 49.0 Å². The van der Waals surface area contributed by atoms with Crippen molar-refractivity contribution in [3.05, 3.63) is 47.4 Å². The Bertz CT molecular complexity index is 718. The van der Waals surface area contributed by atoms with E-state index in [0.29, 0.717) is 17.9 Å². The molecule has 0 saturated heterocycles. The Labute approximate surface area is 139 Å². The van der Waals surface area contributed by atoms with Gasteiger partial charge in [-0.2, -0.15) is 4.98 Å². The third kappa shape index (κ3) is 3.62. The molecule has 1 aromatic heterocycles. The topological polar surface area (TPSA) is 94.0 Å². The number of carbonyl (C=O) groups excluding carboxylic acids is 1. The van der Waals surface area contributed by atoms with Gasteiger partial charge in [0.15, 0.2) is 5.82 Å². The van der Waals surface area contributed by atoms with E-state index in [1.165, 1.54) is 6.07 Å². The molecule has 0 unspecified atom stereocenters. The van der Waals surface area contributed by atoms with E-state index in [2.05, 4.69) is 15.5 Å². The average Bonchev–Trinajstić information content (AvgIpc) is 2.99. The smallest absolute Gasteiger partial charge is 0.224 e. The van der Waals surface area contributed by atoms with Gasteiger partial charge >= 0.3 is 0 Å². The minimum Gasteiger partial charge on any atom is -0.342 e. The maximum atomic E-state index is 14.2. The Morgan fingerprint density at radius 1 is 1.42 bits per heavy atom. The summed E-state index contributed by atoms with van der Waals surface area (Å²) in [4.78, 5) is 16.8. The highest BCUT2D eigenvalue weighted by Crippen LogP contribution is 2.27. The molecular formula is C17H21FN4O2. The Morgan fingerprint density at radius 3 is 2.88 bits per heavy atom. The van der Waals surface area contributed by atoms with E-state index in [-0.39, 0.29) is 23.7 Å². The lowest BCUT2D eigenvalue weighted by molar-refractivity contribution is -0.126. The van der Waals surface area contributed by atoms with Gasteiger partial charge in [0.05, 0.1) is 0 Å². The first-order valence-electron chi connectivity index (χ1n) is 8.15. The Hall–Kier alpha value is -2.28. The van der Waals surface area contributed by atoms with E-state index in [4.69, 9.17) is 10.3 Å². The third-order valence-corrected chi connectivity index (χ3v) is 4.39. The molecule has 3 N–H and O–H groups in total. The average molecular weight is 332 g/mol. The molecule has 0 radical (unpaired) electrons. The summed E-state index contributed by atoms with van der Waals surface area (Å²) in [5.41, 5.74) is 6.28. The van der Waals surface area contributed by atoms with Crippen molar-refractivity contribution < 1.29 is 13.7 Å². The second-order valence-electron chi connectivity index (χ2n) is 6.26. The van der Waals surface area contributed by atoms with E-state index in [0.717, 1.165) is 19.3 Å². The number of carbonyl (C=O) groups is 1. The van der Waals surface area contributed by atoms with Crippen LogP contribution < -0.4 is 11.1 Å². The highest BCUT2D eigenvalue weighted by atomic mass is 19.1. The predicted octanol–water partition coefficient (Wildman–Crippen LogP) is 2.24. The molecule has 3 atom stereocenters. The van der Waals surface area contributed by atoms with E-state index in [1.807, 2.05) is 0 Å². The monoisotopic (exact) mass is 332 g/mol. The third-order valence-electron chi connectivity index (χ3n) is 4.39. The molecule has 0 spiro atoms. The van der Waals surface area contributed by atoms with E-state index < -0.39 is 11.9 Å². The van der Waals surface area contributed by atoms with Gasteiger partial charge in [-0.15, -0.1) is 0 Å². The molecule has 7 heteroatoms. The fraction of sp³-hybridized carbons (Fsp3) is 0.471. The van der Waals surface area contributed by atoms with Crippen LogP contribution in [-0.4, -0.2) is 22.1 Å². The number of rotatable bonds is 4. The number of benzene rings is 1. The van der Waals surface area contributed by atoms with Gasteiger partial charge in [-0.3, -0.25) is 4.79 Å². The lowest BCUT2D eigenvalue weighted by Crippen LogP contribution is -2.40. The zero-order valence-electron chi connectivity index (χ0n) is 13.5. The molecule has 128 valence electrons. The molecule has 1 aliphatic rings. The Morgan fingerprint density at radius 2 is 2.21 bits per heavy atom. The van der Waals surface area contributed by atoms with Gasteiger partial charge in [-0.1, -0.05) is 29.8 Å². The summed E-state index contributed by atoms with van der Waals surface area (Å²) < 4.78 is 19.2. The maximum Gasteiger partial charge on any atom is 0.224 e. The van der Waals surface area contributed by atoms with Crippen molar-refractivity contribution in [3.8, 4) is 0 Å². The fourth-order valence-electron chi connectivity index (χ4n) is 3.15. The number of hydrogen-bond acceptors (Lipinski definition) is 5. The zero-order chi connectivity index (χ0) is 17.1. The first-order chi connectivity index (χ1) is 11.5. The summed E-state index contributed by atoms with van der Waals surface area (Å²) in [7, 11) is 0. The molecule has 1 aliphatic carbocycles. The van der Waals surface area contributed by atoms with E-state index in [1.54, 1.807) is 25.1 Å². The van der Waals surface area contributed by atoms with Crippen molar-refractivity contribution in [2.24, 2.45) is 11.7 Å². The van der Waals surface area contributed by atoms with E-state index in [9.17, 15) is 9.18 Å². The van der Waals surface area contributed by atoms with Crippen LogP contribution in [0.2, 0.25) is 0 Å². The number of nitrogens with one attached hydrogen (secondary N) is 1. The van der Waals surface area contributed by atoms with Gasteiger partial charge in [0.2, 0.25) is 11.8 Å². The molecule has 1 aromatic carbocycles. The lowest BCUT2D eigenvalue weighted by Gasteiger charge is -2.27. The summed E-state index contributed by atoms with van der Waals surface area (Å²) in [5.74, 6) is -0.145. The van der Waals surface area contributed by atoms with Crippen LogP contribution in [0.5, 0.6) is 0 Å². The normalized spacial score (nSPS) is 22.1. The number of amides is 1. The van der Waals surface area contributed by atoms with Crippen molar-refractivity contribution in [3.63, 3.8) is 0 Å². The largest absolute Gasteiger partial charge is 0.342 e. The van der Waals surface area contributed by atoms with Gasteiger partial charge in [0.25, 0.3) is 0 Å². The van der Waals surface area contributed by atoms with Crippen LogP contribution in [0.25, 0.3) is 0 Å². The van der Waals surface area contributed by atoms with Crippen LogP contribution in [-0.2, 0) is 4.79 Å². The van der Waals surface area contributed by atoms with Crippen molar-refractivity contribution >= 4 is 5.91 Å². The molecule has 1 saturated carbocycles. The van der Waals surface area contributed by atoms with Crippen molar-refractivity contribution in [1.82, 2.24) is 15.5 Å². The van der Waals surface area contributed by atoms with Crippen LogP contribution >= 0.6 is 0 Å². The van der Waals surface area contributed by atoms with Crippen LogP contribution in [0.4, 0.5) is 4.39 Å². The summed E-state index contributed by atoms with van der Waals surface area (Å²) in [6.45, 7) is 1.65. The zero-order valence-corrected chi connectivity index (χ0v) is 13.5. The van der Waals surface area contributed by atoms with Gasteiger partial charge in [0, 0.05) is 24.4 Å². The highest BCUT2D eigenvalue weighted by molar-refractivity contribution is 5.79. The van der Waals surface area contributed by atoms with Gasteiger partial charge in [0.1, 0.15) is 11.9 Å². The minimum atomic E-state index is -0.783. The molecule has 1 fully saturated rings. The minimum absolute atomic E-state index is 0.0360. The molecule has 1 amide bonds. The summed E-state index contributed by atoms with van der Waals surface area (Å²) >= 11 is 0. The molecule has 0 aliphatic heterocycles. The second-order valence-corrected chi connectivity index (χ2v) is 6.26. The van der Waals surface area contributed by atoms with Gasteiger partial charge in [-0.05, 0) is 25.3 Å². The highest BCUT2D eigenvalue weighted by Gasteiger charge is 2.30. The molecule has 3 rings (SSSR count). The Kier molecular flexibility index (Phi) is 4.89. The SMILES string of the molecule is Cc1nc([C@H](NC(=O)[C@@H]2CCC[C@H](N)C2)c2ccccc2F)no1. The van der Waals surface area contributed by atoms with Crippen molar-refractivity contribution in [2.45, 2.75) is 44.7 Å². The molecule has 2 aromatic rings. The van der Waals surface area contributed by atoms with Crippen LogP contribution in [0.3, 0.4) is 0 Å². The summed E-state index contributed by atoms with van der Waals surface area (Å²) in [5, 5.41) is 6.73. The maximum absolute atomic E-state index is 14.2. The van der Waals surface area contributed by atoms with Gasteiger partial charge < -0.3 is 15.6 Å². The standard InChI is InChI=1S/C17H21FN4O2/c1-10-20-16(22-24-10)15(13-7-2-3-8-14(13)18)21-17(23)11-5-4-6-12(19)9-11/h2-3,7-8,11-12,15H,4-6,9,19H2,1H3,(H,21,23)/t11-,12+,15-/m1/s1. The molecule has 24 heavy (non-hydrogen) atoms. The number of hydrogen-bond donors (Lipinski definition) is 2. The number of aryl methyl sites for hydroxylation is 1. The van der Waals surface area contributed by atoms with Crippen LogP contribution in [0, 0.1) is 18.7 Å². The molecule has 6 nitrogen and oxygen atoms in total.